The van der Waals surface area contributed by atoms with E-state index in [1.165, 1.54) is 0 Å². The van der Waals surface area contributed by atoms with Gasteiger partial charge < -0.3 is 0 Å². The molecule has 5 heavy (non-hydrogen) atoms. The van der Waals surface area contributed by atoms with Crippen molar-refractivity contribution in [3.05, 3.63) is 0 Å². The van der Waals surface area contributed by atoms with Crippen LogP contribution in [0.15, 0.2) is 0 Å². The van der Waals surface area contributed by atoms with Gasteiger partial charge in [-0.15, -0.1) is 0 Å². The molecule has 0 aliphatic rings. The van der Waals surface area contributed by atoms with Crippen LogP contribution in [0.25, 0.3) is 0 Å². The zero-order valence-electron chi connectivity index (χ0n) is 3.27. The van der Waals surface area contributed by atoms with E-state index in [9.17, 15) is 0 Å². The molecule has 0 rings (SSSR count). The second kappa shape index (κ2) is 4.48. The van der Waals surface area contributed by atoms with Crippen LogP contribution in [0.4, 0.5) is 0 Å². The van der Waals surface area contributed by atoms with Crippen molar-refractivity contribution in [2.75, 3.05) is 5.75 Å². The predicted octanol–water partition coefficient (Wildman–Crippen LogP) is 0.442. The van der Waals surface area contributed by atoms with Gasteiger partial charge in [0, 0.05) is 0 Å². The molecule has 0 saturated heterocycles. The van der Waals surface area contributed by atoms with Crippen molar-refractivity contribution in [1.29, 1.82) is 0 Å². The van der Waals surface area contributed by atoms with Gasteiger partial charge in [-0.2, -0.15) is 0 Å². The molecule has 0 aromatic heterocycles. The van der Waals surface area contributed by atoms with E-state index in [1.807, 2.05) is 0 Å². The van der Waals surface area contributed by atoms with Crippen LogP contribution in [0.5, 0.6) is 0 Å². The molecular weight excluding hydrogens is 77.7 g/mol. The molecule has 0 unspecified atom stereocenters. The molecular formula is C2H5B2S. The van der Waals surface area contributed by atoms with Crippen molar-refractivity contribution in [2.24, 2.45) is 0 Å². The summed E-state index contributed by atoms with van der Waals surface area (Å²) in [4.78, 5) is 0. The van der Waals surface area contributed by atoms with Crippen LogP contribution in [0.1, 0.15) is 6.92 Å². The van der Waals surface area contributed by atoms with Gasteiger partial charge in [0.15, 0.2) is 0 Å². The number of hydrogen-bond donors (Lipinski definition) is 0. The van der Waals surface area contributed by atoms with Crippen LogP contribution >= 0.6 is 11.6 Å². The normalized spacial score (nSPS) is 6.40. The molecule has 0 aromatic rings. The Bertz CT molecular complexity index is 28.8. The molecule has 0 spiro atoms. The Morgan fingerprint density at radius 1 is 2.00 bits per heavy atom. The zero-order valence-corrected chi connectivity index (χ0v) is 4.09. The quantitative estimate of drug-likeness (QED) is 0.436. The van der Waals surface area contributed by atoms with E-state index in [4.69, 9.17) is 7.37 Å². The predicted molar refractivity (Wildman–Crippen MR) is 29.6 cm³/mol. The molecule has 0 bridgehead atoms. The fraction of sp³-hybridized carbons (Fsp3) is 1.00. The Hall–Kier alpha value is 0.480. The fourth-order valence-corrected chi connectivity index (χ4v) is 0.289. The van der Waals surface area contributed by atoms with Crippen LogP contribution in [0, 0.1) is 0 Å². The molecule has 0 aliphatic carbocycles. The molecule has 0 N–H and O–H groups in total. The van der Waals surface area contributed by atoms with Crippen LogP contribution in [0.3, 0.4) is 0 Å². The van der Waals surface area contributed by atoms with E-state index in [2.05, 4.69) is 6.92 Å². The summed E-state index contributed by atoms with van der Waals surface area (Å²) in [6, 6.07) is 0. The van der Waals surface area contributed by atoms with Crippen LogP contribution < -0.4 is 0 Å². The molecule has 0 fully saturated rings. The monoisotopic (exact) mass is 83.0 g/mol. The average Bonchev–Trinajstić information content (AvgIpc) is 1.41. The van der Waals surface area contributed by atoms with Gasteiger partial charge in [-0.1, -0.05) is 0 Å². The second-order valence-electron chi connectivity index (χ2n) is 0.591. The molecule has 0 saturated carbocycles. The second-order valence-corrected chi connectivity index (χ2v) is 1.77. The van der Waals surface area contributed by atoms with Crippen LogP contribution in [-0.2, 0) is 0 Å². The van der Waals surface area contributed by atoms with Crippen molar-refractivity contribution < 1.29 is 0 Å². The summed E-state index contributed by atoms with van der Waals surface area (Å²) in [6.45, 7) is 2.06. The topological polar surface area (TPSA) is 0 Å². The maximum atomic E-state index is 4.98. The third-order valence-corrected chi connectivity index (χ3v) is 0.789. The summed E-state index contributed by atoms with van der Waals surface area (Å²) in [7, 11) is 4.98. The number of hydrogen-bond acceptors (Lipinski definition) is 1. The third kappa shape index (κ3) is 4.48. The SMILES string of the molecule is [B]=BSCC. The molecule has 0 aromatic carbocycles. The van der Waals surface area contributed by atoms with Gasteiger partial charge in [0.1, 0.15) is 0 Å². The van der Waals surface area contributed by atoms with Gasteiger partial charge in [-0.05, 0) is 0 Å². The molecule has 0 heterocycles. The Balaban J connectivity index is 2.40. The Morgan fingerprint density at radius 2 is 2.60 bits per heavy atom. The Labute approximate surface area is 38.5 Å². The van der Waals surface area contributed by atoms with Gasteiger partial charge in [-0.3, -0.25) is 0 Å². The van der Waals surface area contributed by atoms with Crippen LogP contribution in [0.2, 0.25) is 0 Å². The van der Waals surface area contributed by atoms with E-state index >= 15 is 0 Å². The van der Waals surface area contributed by atoms with Crippen molar-refractivity contribution in [2.45, 2.75) is 6.92 Å². The molecule has 0 atom stereocenters. The summed E-state index contributed by atoms with van der Waals surface area (Å²) in [5, 5.41) is 0. The molecule has 25 valence electrons. The van der Waals surface area contributed by atoms with E-state index in [0.29, 0.717) is 0 Å². The van der Waals surface area contributed by atoms with Gasteiger partial charge >= 0.3 is 37.7 Å². The van der Waals surface area contributed by atoms with E-state index in [0.717, 1.165) is 5.75 Å². The molecule has 1 radical (unpaired) electrons. The third-order valence-electron chi connectivity index (χ3n) is 0.263. The van der Waals surface area contributed by atoms with Crippen molar-refractivity contribution >= 4 is 25.1 Å². The summed E-state index contributed by atoms with van der Waals surface area (Å²) in [6.07, 6.45) is 1.60. The first-order valence-corrected chi connectivity index (χ1v) is 2.61. The summed E-state index contributed by atoms with van der Waals surface area (Å²) in [5.74, 6) is 1.08. The first kappa shape index (κ1) is 5.48. The molecule has 0 aliphatic heterocycles. The van der Waals surface area contributed by atoms with E-state index < -0.39 is 0 Å². The van der Waals surface area contributed by atoms with Gasteiger partial charge in [0.2, 0.25) is 0 Å². The minimum absolute atomic E-state index is 1.08. The molecule has 0 amide bonds. The first-order chi connectivity index (χ1) is 2.41. The zero-order chi connectivity index (χ0) is 4.12. The van der Waals surface area contributed by atoms with E-state index in [1.54, 1.807) is 17.7 Å². The van der Waals surface area contributed by atoms with Gasteiger partial charge in [0.25, 0.3) is 0 Å². The average molecular weight is 82.8 g/mol. The van der Waals surface area contributed by atoms with Crippen LogP contribution in [-0.4, -0.2) is 19.2 Å². The Kier molecular flexibility index (Phi) is 4.91. The van der Waals surface area contributed by atoms with Crippen molar-refractivity contribution in [3.8, 4) is 0 Å². The molecule has 3 heteroatoms. The Morgan fingerprint density at radius 3 is 2.60 bits per heavy atom. The summed E-state index contributed by atoms with van der Waals surface area (Å²) >= 11 is 1.62. The maximum absolute atomic E-state index is 4.98. The summed E-state index contributed by atoms with van der Waals surface area (Å²) in [5.41, 5.74) is 0. The first-order valence-electron chi connectivity index (χ1n) is 1.56. The summed E-state index contributed by atoms with van der Waals surface area (Å²) < 4.78 is 0. The molecule has 0 nitrogen and oxygen atoms in total. The number of rotatable bonds is 2. The van der Waals surface area contributed by atoms with Gasteiger partial charge in [0.05, 0.1) is 0 Å². The van der Waals surface area contributed by atoms with Gasteiger partial charge in [-0.25, -0.2) is 0 Å². The van der Waals surface area contributed by atoms with Crippen molar-refractivity contribution in [1.82, 2.24) is 0 Å². The standard InChI is InChI=1S/C2H5B2S/c1-2-5-4-3/h2H2,1H3. The van der Waals surface area contributed by atoms with Crippen molar-refractivity contribution in [3.63, 3.8) is 0 Å². The minimum atomic E-state index is 1.08. The van der Waals surface area contributed by atoms with E-state index in [-0.39, 0.29) is 0 Å². The fourth-order valence-electron chi connectivity index (χ4n) is 0.0962.